The van der Waals surface area contributed by atoms with E-state index in [2.05, 4.69) is 0 Å². The first kappa shape index (κ1) is 14.5. The first-order valence-corrected chi connectivity index (χ1v) is 5.37. The Morgan fingerprint density at radius 3 is 2.47 bits per heavy atom. The number of quaternary nitrogens is 1. The summed E-state index contributed by atoms with van der Waals surface area (Å²) >= 11 is 0. The summed E-state index contributed by atoms with van der Waals surface area (Å²) in [5, 5.41) is 8.66. The van der Waals surface area contributed by atoms with E-state index in [-0.39, 0.29) is 0 Å². The van der Waals surface area contributed by atoms with Gasteiger partial charge in [0.1, 0.15) is 11.9 Å². The van der Waals surface area contributed by atoms with Crippen LogP contribution in [-0.2, 0) is 9.59 Å². The van der Waals surface area contributed by atoms with Gasteiger partial charge in [0.15, 0.2) is 11.5 Å². The summed E-state index contributed by atoms with van der Waals surface area (Å²) in [7, 11) is 0. The van der Waals surface area contributed by atoms with Gasteiger partial charge in [0.25, 0.3) is 0 Å². The maximum atomic E-state index is 13.2. The van der Waals surface area contributed by atoms with Crippen LogP contribution in [0.2, 0.25) is 0 Å². The van der Waals surface area contributed by atoms with Crippen molar-refractivity contribution in [2.45, 2.75) is 0 Å². The van der Waals surface area contributed by atoms with Crippen LogP contribution in [0, 0.1) is 11.2 Å². The van der Waals surface area contributed by atoms with Crippen LogP contribution >= 0.6 is 0 Å². The van der Waals surface area contributed by atoms with Gasteiger partial charge in [-0.1, -0.05) is 12.1 Å². The van der Waals surface area contributed by atoms with Gasteiger partial charge in [0, 0.05) is 18.2 Å². The number of hydrogen-bond acceptors (Lipinski definition) is 4. The average molecular weight is 262 g/mol. The van der Waals surface area contributed by atoms with Gasteiger partial charge in [-0.2, -0.15) is 0 Å². The van der Waals surface area contributed by atoms with Gasteiger partial charge in [-0.25, -0.2) is 4.39 Å². The minimum atomic E-state index is -0.775. The van der Waals surface area contributed by atoms with Gasteiger partial charge in [0.2, 0.25) is 11.6 Å². The molecule has 0 fully saturated rings. The van der Waals surface area contributed by atoms with Gasteiger partial charge < -0.3 is 5.73 Å². The number of para-hydroxylation sites is 1. The van der Waals surface area contributed by atoms with E-state index in [1.165, 1.54) is 23.6 Å². The quantitative estimate of drug-likeness (QED) is 0.295. The van der Waals surface area contributed by atoms with Crippen LogP contribution in [0.4, 0.5) is 10.1 Å². The summed E-state index contributed by atoms with van der Waals surface area (Å²) in [5.74, 6) is -1.96. The molecule has 5 N–H and O–H groups in total. The molecule has 0 bridgehead atoms. The largest absolute Gasteiger partial charge is 0.404 e. The normalized spacial score (nSPS) is 11.0. The molecule has 0 atom stereocenters. The van der Waals surface area contributed by atoms with E-state index in [0.29, 0.717) is 5.69 Å². The Kier molecular flexibility index (Phi) is 5.31. The molecule has 0 radical (unpaired) electrons. The molecule has 0 amide bonds. The fourth-order valence-electron chi connectivity index (χ4n) is 1.22. The molecule has 0 spiro atoms. The third kappa shape index (κ3) is 4.29. The highest BCUT2D eigenvalue weighted by Crippen LogP contribution is 2.05. The number of nitrogens with two attached hydrogens (primary N) is 2. The van der Waals surface area contributed by atoms with Crippen molar-refractivity contribution in [3.63, 3.8) is 0 Å². The summed E-state index contributed by atoms with van der Waals surface area (Å²) in [6, 6.07) is 6.04. The molecule has 5 nitrogen and oxygen atoms in total. The summed E-state index contributed by atoms with van der Waals surface area (Å²) in [5.41, 5.74) is 4.60. The molecule has 1 aromatic carbocycles. The summed E-state index contributed by atoms with van der Waals surface area (Å²) in [4.78, 5) is 22.6. The van der Waals surface area contributed by atoms with Gasteiger partial charge in [-0.05, 0) is 12.3 Å². The predicted molar refractivity (Wildman–Crippen MR) is 68.2 cm³/mol. The van der Waals surface area contributed by atoms with E-state index in [9.17, 15) is 14.0 Å². The number of benzene rings is 1. The number of allylic oxidation sites excluding steroid dienone is 2. The van der Waals surface area contributed by atoms with Crippen molar-refractivity contribution in [3.8, 4) is 0 Å². The molecule has 0 aliphatic carbocycles. The Morgan fingerprint density at radius 2 is 1.84 bits per heavy atom. The Morgan fingerprint density at radius 1 is 1.21 bits per heavy atom. The third-order valence-electron chi connectivity index (χ3n) is 2.17. The zero-order valence-electron chi connectivity index (χ0n) is 9.97. The van der Waals surface area contributed by atoms with Crippen molar-refractivity contribution in [1.29, 1.82) is 5.41 Å². The number of halogens is 1. The van der Waals surface area contributed by atoms with Crippen molar-refractivity contribution in [2.24, 2.45) is 5.73 Å². The zero-order valence-corrected chi connectivity index (χ0v) is 9.97. The van der Waals surface area contributed by atoms with Crippen molar-refractivity contribution >= 4 is 23.0 Å². The molecule has 0 aliphatic rings. The molecule has 0 aromatic heterocycles. The number of nitrogens with one attached hydrogen (secondary N) is 1. The van der Waals surface area contributed by atoms with Crippen LogP contribution in [0.3, 0.4) is 0 Å². The summed E-state index contributed by atoms with van der Waals surface area (Å²) in [6.07, 6.45) is 4.19. The topological polar surface area (TPSA) is 101 Å². The lowest BCUT2D eigenvalue weighted by Gasteiger charge is -1.96. The number of rotatable bonds is 6. The summed E-state index contributed by atoms with van der Waals surface area (Å²) < 4.78 is 13.2. The van der Waals surface area contributed by atoms with Crippen LogP contribution in [-0.4, -0.2) is 17.3 Å². The van der Waals surface area contributed by atoms with Crippen LogP contribution < -0.4 is 11.1 Å². The number of hydrogen-bond donors (Lipinski definition) is 3. The van der Waals surface area contributed by atoms with Crippen molar-refractivity contribution in [1.82, 2.24) is 0 Å². The molecule has 0 unspecified atom stereocenters. The second-order valence-corrected chi connectivity index (χ2v) is 3.51. The molecule has 19 heavy (non-hydrogen) atoms. The second-order valence-electron chi connectivity index (χ2n) is 3.51. The highest BCUT2D eigenvalue weighted by molar-refractivity contribution is 6.69. The van der Waals surface area contributed by atoms with E-state index >= 15 is 0 Å². The number of carbonyl (C=O) groups excluding carboxylic acids is 2. The van der Waals surface area contributed by atoms with E-state index in [1.807, 2.05) is 0 Å². The fourth-order valence-corrected chi connectivity index (χ4v) is 1.22. The molecule has 1 aromatic rings. The molecular formula is C13H13FN3O2+. The lowest BCUT2D eigenvalue weighted by molar-refractivity contribution is -0.498. The molecule has 0 aliphatic heterocycles. The molecule has 1 rings (SSSR count). The molecule has 6 heteroatoms. The molecule has 0 saturated carbocycles. The second kappa shape index (κ2) is 6.97. The number of ketones is 2. The van der Waals surface area contributed by atoms with Crippen molar-refractivity contribution in [2.75, 3.05) is 0 Å². The predicted octanol–water partition coefficient (Wildman–Crippen LogP) is 0.165. The Labute approximate surface area is 109 Å². The third-order valence-corrected chi connectivity index (χ3v) is 2.17. The lowest BCUT2D eigenvalue weighted by Crippen LogP contribution is -2.71. The van der Waals surface area contributed by atoms with Crippen LogP contribution in [0.5, 0.6) is 0 Å². The highest BCUT2D eigenvalue weighted by Gasteiger charge is 2.13. The average Bonchev–Trinajstić information content (AvgIpc) is 2.40. The van der Waals surface area contributed by atoms with Crippen molar-refractivity contribution in [3.05, 3.63) is 54.6 Å². The van der Waals surface area contributed by atoms with Crippen LogP contribution in [0.15, 0.2) is 48.8 Å². The zero-order chi connectivity index (χ0) is 14.3. The Hall–Kier alpha value is -2.60. The maximum Gasteiger partial charge on any atom is 0.212 e. The maximum absolute atomic E-state index is 13.2. The van der Waals surface area contributed by atoms with E-state index < -0.39 is 23.1 Å². The van der Waals surface area contributed by atoms with Gasteiger partial charge >= 0.3 is 0 Å². The molecule has 0 saturated heterocycles. The van der Waals surface area contributed by atoms with E-state index in [4.69, 9.17) is 11.1 Å². The minimum absolute atomic E-state index is 0.311. The van der Waals surface area contributed by atoms with Crippen LogP contribution in [0.1, 0.15) is 0 Å². The first-order chi connectivity index (χ1) is 9.06. The Bertz CT molecular complexity index is 565. The van der Waals surface area contributed by atoms with E-state index in [0.717, 1.165) is 18.4 Å². The highest BCUT2D eigenvalue weighted by atomic mass is 19.1. The van der Waals surface area contributed by atoms with Crippen molar-refractivity contribution < 1.29 is 19.3 Å². The number of carbonyl (C=O) groups is 2. The Balaban J connectivity index is 2.63. The monoisotopic (exact) mass is 262 g/mol. The first-order valence-electron chi connectivity index (χ1n) is 5.37. The van der Waals surface area contributed by atoms with Gasteiger partial charge in [-0.15, -0.1) is 0 Å². The smallest absolute Gasteiger partial charge is 0.212 e. The standard InChI is InChI=1S/C13H12FN3O2/c14-9-3-1-2-4-10(9)17-8-6-12(19)13(16)11(18)5-7-15/h1-8,16-17H,15H2/p+1/b7-5+,8-6-,16-13?. The summed E-state index contributed by atoms with van der Waals surface area (Å²) in [6.45, 7) is 0. The minimum Gasteiger partial charge on any atom is -0.404 e. The molecule has 0 heterocycles. The fraction of sp³-hybridized carbons (Fsp3) is 0. The van der Waals surface area contributed by atoms with Gasteiger partial charge in [-0.3, -0.25) is 20.3 Å². The molecular weight excluding hydrogens is 249 g/mol. The molecule has 98 valence electrons. The van der Waals surface area contributed by atoms with E-state index in [1.54, 1.807) is 12.1 Å². The lowest BCUT2D eigenvalue weighted by atomic mass is 10.1. The SMILES string of the molecule is N=C(C(=O)/C=C\[NH2+]c1ccccc1F)C(=O)/C=C/N. The van der Waals surface area contributed by atoms with Crippen LogP contribution in [0.25, 0.3) is 0 Å². The van der Waals surface area contributed by atoms with Gasteiger partial charge in [0.05, 0.1) is 0 Å².